The highest BCUT2D eigenvalue weighted by atomic mass is 79.9. The smallest absolute Gasteiger partial charge is 0.0551 e. The first-order valence-corrected chi connectivity index (χ1v) is 7.09. The van der Waals surface area contributed by atoms with Crippen LogP contribution >= 0.6 is 27.5 Å². The van der Waals surface area contributed by atoms with Gasteiger partial charge in [-0.3, -0.25) is 0 Å². The summed E-state index contributed by atoms with van der Waals surface area (Å²) in [5.41, 5.74) is 1.21. The monoisotopic (exact) mass is 317 g/mol. The van der Waals surface area contributed by atoms with Crippen LogP contribution in [-0.2, 0) is 11.3 Å². The van der Waals surface area contributed by atoms with Gasteiger partial charge in [0.1, 0.15) is 0 Å². The lowest BCUT2D eigenvalue weighted by Gasteiger charge is -2.19. The summed E-state index contributed by atoms with van der Waals surface area (Å²) in [6, 6.07) is 6.56. The fourth-order valence-corrected chi connectivity index (χ4v) is 2.49. The Labute approximate surface area is 116 Å². The normalized spacial score (nSPS) is 21.7. The molecule has 2 atom stereocenters. The maximum absolute atomic E-state index is 6.06. The van der Waals surface area contributed by atoms with E-state index in [1.807, 2.05) is 12.1 Å². The molecule has 0 aliphatic carbocycles. The molecule has 1 saturated heterocycles. The van der Waals surface area contributed by atoms with Gasteiger partial charge >= 0.3 is 0 Å². The van der Waals surface area contributed by atoms with E-state index in [2.05, 4.69) is 34.2 Å². The van der Waals surface area contributed by atoms with Gasteiger partial charge in [0, 0.05) is 23.7 Å². The van der Waals surface area contributed by atoms with Crippen LogP contribution in [-0.4, -0.2) is 19.3 Å². The zero-order valence-corrected chi connectivity index (χ0v) is 12.2. The van der Waals surface area contributed by atoms with E-state index in [0.717, 1.165) is 35.7 Å². The fraction of sp³-hybridized carbons (Fsp3) is 0.538. The zero-order chi connectivity index (χ0) is 12.3. The standard InChI is InChI=1S/C13H17BrClNO/c1-9(11-4-5-17-8-11)16-7-10-2-3-12(14)13(15)6-10/h2-3,6,9,11,16H,4-5,7-8H2,1H3. The average Bonchev–Trinajstić information content (AvgIpc) is 2.84. The molecule has 4 heteroatoms. The van der Waals surface area contributed by atoms with E-state index in [1.165, 1.54) is 5.56 Å². The number of rotatable bonds is 4. The van der Waals surface area contributed by atoms with Crippen LogP contribution in [0.5, 0.6) is 0 Å². The van der Waals surface area contributed by atoms with Gasteiger partial charge in [-0.2, -0.15) is 0 Å². The second-order valence-corrected chi connectivity index (χ2v) is 5.80. The van der Waals surface area contributed by atoms with Gasteiger partial charge in [-0.05, 0) is 52.9 Å². The molecule has 2 unspecified atom stereocenters. The maximum atomic E-state index is 6.06. The predicted octanol–water partition coefficient (Wildman–Crippen LogP) is 3.62. The lowest BCUT2D eigenvalue weighted by Crippen LogP contribution is -2.33. The van der Waals surface area contributed by atoms with Gasteiger partial charge in [-0.25, -0.2) is 0 Å². The molecule has 1 aliphatic rings. The minimum absolute atomic E-state index is 0.486. The van der Waals surface area contributed by atoms with Crippen LogP contribution in [0, 0.1) is 5.92 Å². The molecule has 1 aromatic carbocycles. The molecule has 1 aromatic rings. The number of nitrogens with one attached hydrogen (secondary N) is 1. The van der Waals surface area contributed by atoms with Crippen LogP contribution in [0.15, 0.2) is 22.7 Å². The molecule has 1 aliphatic heterocycles. The molecule has 0 amide bonds. The van der Waals surface area contributed by atoms with Gasteiger partial charge in [0.15, 0.2) is 0 Å². The molecule has 0 spiro atoms. The van der Waals surface area contributed by atoms with Crippen molar-refractivity contribution >= 4 is 27.5 Å². The Morgan fingerprint density at radius 2 is 2.41 bits per heavy atom. The highest BCUT2D eigenvalue weighted by Crippen LogP contribution is 2.23. The molecule has 1 heterocycles. The highest BCUT2D eigenvalue weighted by molar-refractivity contribution is 9.10. The Balaban J connectivity index is 1.86. The van der Waals surface area contributed by atoms with Gasteiger partial charge in [-0.15, -0.1) is 0 Å². The minimum Gasteiger partial charge on any atom is -0.381 e. The molecular weight excluding hydrogens is 302 g/mol. The Hall–Kier alpha value is -0.0900. The minimum atomic E-state index is 0.486. The molecule has 2 rings (SSSR count). The molecule has 17 heavy (non-hydrogen) atoms. The van der Waals surface area contributed by atoms with Crippen LogP contribution in [0.25, 0.3) is 0 Å². The van der Waals surface area contributed by atoms with E-state index in [9.17, 15) is 0 Å². The molecular formula is C13H17BrClNO. The van der Waals surface area contributed by atoms with Gasteiger partial charge in [0.05, 0.1) is 11.6 Å². The Kier molecular flexibility index (Phi) is 4.86. The summed E-state index contributed by atoms with van der Waals surface area (Å²) in [5, 5.41) is 4.30. The summed E-state index contributed by atoms with van der Waals surface area (Å²) in [6.07, 6.45) is 1.16. The van der Waals surface area contributed by atoms with Crippen LogP contribution in [0.2, 0.25) is 5.02 Å². The van der Waals surface area contributed by atoms with Crippen LogP contribution in [0.1, 0.15) is 18.9 Å². The van der Waals surface area contributed by atoms with E-state index >= 15 is 0 Å². The number of benzene rings is 1. The number of ether oxygens (including phenoxy) is 1. The molecule has 1 N–H and O–H groups in total. The largest absolute Gasteiger partial charge is 0.381 e. The van der Waals surface area contributed by atoms with E-state index in [0.29, 0.717) is 12.0 Å². The van der Waals surface area contributed by atoms with Crippen molar-refractivity contribution in [2.24, 2.45) is 5.92 Å². The molecule has 0 radical (unpaired) electrons. The van der Waals surface area contributed by atoms with Gasteiger partial charge in [0.25, 0.3) is 0 Å². The first kappa shape index (κ1) is 13.3. The van der Waals surface area contributed by atoms with E-state index in [1.54, 1.807) is 0 Å². The molecule has 2 nitrogen and oxygen atoms in total. The Morgan fingerprint density at radius 3 is 3.06 bits per heavy atom. The van der Waals surface area contributed by atoms with Crippen LogP contribution < -0.4 is 5.32 Å². The predicted molar refractivity (Wildman–Crippen MR) is 74.4 cm³/mol. The lowest BCUT2D eigenvalue weighted by molar-refractivity contribution is 0.178. The van der Waals surface area contributed by atoms with Crippen molar-refractivity contribution in [3.05, 3.63) is 33.3 Å². The van der Waals surface area contributed by atoms with Crippen molar-refractivity contribution in [3.8, 4) is 0 Å². The van der Waals surface area contributed by atoms with Crippen molar-refractivity contribution in [2.75, 3.05) is 13.2 Å². The third-order valence-electron chi connectivity index (χ3n) is 3.28. The number of halogens is 2. The molecule has 0 saturated carbocycles. The Bertz CT molecular complexity index is 380. The second kappa shape index (κ2) is 6.19. The number of hydrogen-bond acceptors (Lipinski definition) is 2. The van der Waals surface area contributed by atoms with Crippen molar-refractivity contribution in [1.29, 1.82) is 0 Å². The van der Waals surface area contributed by atoms with Crippen molar-refractivity contribution in [3.63, 3.8) is 0 Å². The van der Waals surface area contributed by atoms with Crippen molar-refractivity contribution < 1.29 is 4.74 Å². The molecule has 0 bridgehead atoms. The first-order valence-electron chi connectivity index (χ1n) is 5.92. The van der Waals surface area contributed by atoms with E-state index < -0.39 is 0 Å². The molecule has 1 fully saturated rings. The fourth-order valence-electron chi connectivity index (χ4n) is 2.04. The average molecular weight is 319 g/mol. The third kappa shape index (κ3) is 3.68. The molecule has 94 valence electrons. The quantitative estimate of drug-likeness (QED) is 0.915. The highest BCUT2D eigenvalue weighted by Gasteiger charge is 2.21. The zero-order valence-electron chi connectivity index (χ0n) is 9.88. The number of hydrogen-bond donors (Lipinski definition) is 1. The summed E-state index contributed by atoms with van der Waals surface area (Å²) >= 11 is 9.46. The van der Waals surface area contributed by atoms with Crippen molar-refractivity contribution in [2.45, 2.75) is 25.9 Å². The van der Waals surface area contributed by atoms with Crippen LogP contribution in [0.4, 0.5) is 0 Å². The summed E-state index contributed by atoms with van der Waals surface area (Å²) in [6.45, 7) is 4.86. The summed E-state index contributed by atoms with van der Waals surface area (Å²) < 4.78 is 6.34. The van der Waals surface area contributed by atoms with Gasteiger partial charge in [-0.1, -0.05) is 17.7 Å². The summed E-state index contributed by atoms with van der Waals surface area (Å²) in [7, 11) is 0. The topological polar surface area (TPSA) is 21.3 Å². The third-order valence-corrected chi connectivity index (χ3v) is 4.52. The van der Waals surface area contributed by atoms with Gasteiger partial charge in [0.2, 0.25) is 0 Å². The second-order valence-electron chi connectivity index (χ2n) is 4.54. The van der Waals surface area contributed by atoms with Crippen molar-refractivity contribution in [1.82, 2.24) is 5.32 Å². The van der Waals surface area contributed by atoms with Gasteiger partial charge < -0.3 is 10.1 Å². The summed E-state index contributed by atoms with van der Waals surface area (Å²) in [4.78, 5) is 0. The SMILES string of the molecule is CC(NCc1ccc(Br)c(Cl)c1)C1CCOC1. The van der Waals surface area contributed by atoms with Crippen LogP contribution in [0.3, 0.4) is 0 Å². The summed E-state index contributed by atoms with van der Waals surface area (Å²) in [5.74, 6) is 0.640. The first-order chi connectivity index (χ1) is 8.16. The molecule has 0 aromatic heterocycles. The lowest BCUT2D eigenvalue weighted by atomic mass is 10.0. The van der Waals surface area contributed by atoms with E-state index in [-0.39, 0.29) is 0 Å². The van der Waals surface area contributed by atoms with E-state index in [4.69, 9.17) is 16.3 Å². The maximum Gasteiger partial charge on any atom is 0.0551 e. The Morgan fingerprint density at radius 1 is 1.59 bits per heavy atom.